The first-order valence-corrected chi connectivity index (χ1v) is 6.14. The van der Waals surface area contributed by atoms with Crippen LogP contribution in [0.25, 0.3) is 0 Å². The third-order valence-corrected chi connectivity index (χ3v) is 3.20. The lowest BCUT2D eigenvalue weighted by Gasteiger charge is -2.33. The second-order valence-electron chi connectivity index (χ2n) is 4.42. The normalized spacial score (nSPS) is 13.8. The molecule has 0 spiro atoms. The molecule has 0 fully saturated rings. The molecule has 0 heterocycles. The molecule has 0 radical (unpaired) electrons. The van der Waals surface area contributed by atoms with Gasteiger partial charge in [-0.25, -0.2) is 4.79 Å². The van der Waals surface area contributed by atoms with Crippen LogP contribution in [0.3, 0.4) is 0 Å². The Labute approximate surface area is 109 Å². The number of carbonyl (C=O) groups excluding carboxylic acids is 1. The van der Waals surface area contributed by atoms with Gasteiger partial charge in [0.2, 0.25) is 0 Å². The molecule has 0 aliphatic carbocycles. The highest BCUT2D eigenvalue weighted by Crippen LogP contribution is 2.17. The lowest BCUT2D eigenvalue weighted by molar-refractivity contribution is -0.147. The van der Waals surface area contributed by atoms with Gasteiger partial charge in [0.05, 0.1) is 7.11 Å². The second kappa shape index (κ2) is 6.40. The maximum atomic E-state index is 11.8. The average Bonchev–Trinajstić information content (AvgIpc) is 2.44. The minimum Gasteiger partial charge on any atom is -0.468 e. The van der Waals surface area contributed by atoms with Crippen LogP contribution in [0.15, 0.2) is 30.3 Å². The summed E-state index contributed by atoms with van der Waals surface area (Å²) in [5.74, 6) is -0.251. The van der Waals surface area contributed by atoms with Gasteiger partial charge in [-0.2, -0.15) is 0 Å². The number of esters is 1. The zero-order valence-electron chi connectivity index (χ0n) is 11.6. The smallest absolute Gasteiger partial charge is 0.327 e. The zero-order valence-corrected chi connectivity index (χ0v) is 11.6. The van der Waals surface area contributed by atoms with Crippen LogP contribution in [-0.4, -0.2) is 38.8 Å². The van der Waals surface area contributed by atoms with Gasteiger partial charge in [-0.15, -0.1) is 0 Å². The van der Waals surface area contributed by atoms with Crippen LogP contribution in [0, 0.1) is 0 Å². The summed E-state index contributed by atoms with van der Waals surface area (Å²) in [6.07, 6.45) is 0. The molecular weight excluding hydrogens is 228 g/mol. The van der Waals surface area contributed by atoms with Crippen molar-refractivity contribution in [2.75, 3.05) is 32.1 Å². The van der Waals surface area contributed by atoms with E-state index in [9.17, 15) is 4.79 Å². The van der Waals surface area contributed by atoms with Gasteiger partial charge in [-0.05, 0) is 33.0 Å². The van der Waals surface area contributed by atoms with Crippen molar-refractivity contribution in [2.24, 2.45) is 0 Å². The molecule has 0 amide bonds. The fourth-order valence-electron chi connectivity index (χ4n) is 1.88. The lowest BCUT2D eigenvalue weighted by atomic mass is 10.0. The van der Waals surface area contributed by atoms with Crippen molar-refractivity contribution in [2.45, 2.75) is 19.4 Å². The molecule has 100 valence electrons. The molecule has 0 aromatic heterocycles. The Morgan fingerprint density at radius 1 is 1.39 bits per heavy atom. The third-order valence-electron chi connectivity index (χ3n) is 3.20. The summed E-state index contributed by atoms with van der Waals surface area (Å²) < 4.78 is 4.86. The van der Waals surface area contributed by atoms with E-state index in [1.165, 1.54) is 7.11 Å². The number of rotatable bonds is 6. The van der Waals surface area contributed by atoms with Crippen LogP contribution in [0.4, 0.5) is 5.69 Å². The van der Waals surface area contributed by atoms with E-state index in [1.54, 1.807) is 7.05 Å². The monoisotopic (exact) mass is 250 g/mol. The molecule has 1 unspecified atom stereocenters. The number of carbonyl (C=O) groups is 1. The Morgan fingerprint density at radius 2 is 2.00 bits per heavy atom. The van der Waals surface area contributed by atoms with E-state index in [0.717, 1.165) is 12.2 Å². The molecule has 18 heavy (non-hydrogen) atoms. The number of hydrogen-bond donors (Lipinski definition) is 1. The molecule has 0 saturated heterocycles. The van der Waals surface area contributed by atoms with Crippen molar-refractivity contribution in [3.05, 3.63) is 30.3 Å². The largest absolute Gasteiger partial charge is 0.468 e. The van der Waals surface area contributed by atoms with Crippen molar-refractivity contribution >= 4 is 11.7 Å². The SMILES string of the molecule is CCN(CC(C)(NC)C(=O)OC)c1ccccc1. The molecule has 1 N–H and O–H groups in total. The maximum Gasteiger partial charge on any atom is 0.327 e. The molecule has 4 nitrogen and oxygen atoms in total. The first-order valence-electron chi connectivity index (χ1n) is 6.14. The Morgan fingerprint density at radius 3 is 2.44 bits per heavy atom. The van der Waals surface area contributed by atoms with Crippen molar-refractivity contribution in [3.8, 4) is 0 Å². The number of nitrogens with one attached hydrogen (secondary N) is 1. The molecule has 0 aliphatic heterocycles. The maximum absolute atomic E-state index is 11.8. The highest BCUT2D eigenvalue weighted by Gasteiger charge is 2.34. The van der Waals surface area contributed by atoms with E-state index in [2.05, 4.69) is 17.1 Å². The van der Waals surface area contributed by atoms with E-state index < -0.39 is 5.54 Å². The summed E-state index contributed by atoms with van der Waals surface area (Å²) in [6.45, 7) is 5.32. The van der Waals surface area contributed by atoms with E-state index in [-0.39, 0.29) is 5.97 Å². The van der Waals surface area contributed by atoms with Crippen LogP contribution < -0.4 is 10.2 Å². The van der Waals surface area contributed by atoms with Gasteiger partial charge < -0.3 is 15.0 Å². The second-order valence-corrected chi connectivity index (χ2v) is 4.42. The lowest BCUT2D eigenvalue weighted by Crippen LogP contribution is -2.56. The van der Waals surface area contributed by atoms with Gasteiger partial charge in [0.15, 0.2) is 0 Å². The van der Waals surface area contributed by atoms with Crippen molar-refractivity contribution < 1.29 is 9.53 Å². The van der Waals surface area contributed by atoms with Gasteiger partial charge in [0, 0.05) is 18.8 Å². The Kier molecular flexibility index (Phi) is 5.16. The molecule has 1 rings (SSSR count). The summed E-state index contributed by atoms with van der Waals surface area (Å²) in [4.78, 5) is 14.0. The molecule has 0 bridgehead atoms. The Hall–Kier alpha value is -1.55. The number of ether oxygens (including phenoxy) is 1. The number of benzene rings is 1. The summed E-state index contributed by atoms with van der Waals surface area (Å²) in [7, 11) is 3.19. The average molecular weight is 250 g/mol. The molecule has 0 saturated carbocycles. The standard InChI is InChI=1S/C14H22N2O2/c1-5-16(12-9-7-6-8-10-12)11-14(2,15-3)13(17)18-4/h6-10,15H,5,11H2,1-4H3. The molecule has 0 aliphatic rings. The minimum absolute atomic E-state index is 0.251. The van der Waals surface area contributed by atoms with Crippen LogP contribution in [0.2, 0.25) is 0 Å². The predicted octanol–water partition coefficient (Wildman–Crippen LogP) is 1.66. The minimum atomic E-state index is -0.708. The van der Waals surface area contributed by atoms with E-state index in [1.807, 2.05) is 37.3 Å². The predicted molar refractivity (Wildman–Crippen MR) is 73.8 cm³/mol. The van der Waals surface area contributed by atoms with Gasteiger partial charge >= 0.3 is 5.97 Å². The number of nitrogens with zero attached hydrogens (tertiary/aromatic N) is 1. The fraction of sp³-hybridized carbons (Fsp3) is 0.500. The summed E-state index contributed by atoms with van der Waals surface area (Å²) in [6, 6.07) is 10.0. The van der Waals surface area contributed by atoms with Crippen LogP contribution >= 0.6 is 0 Å². The van der Waals surface area contributed by atoms with Crippen LogP contribution in [-0.2, 0) is 9.53 Å². The fourth-order valence-corrected chi connectivity index (χ4v) is 1.88. The molecule has 1 aromatic rings. The number of likely N-dealkylation sites (N-methyl/N-ethyl adjacent to an activating group) is 2. The van der Waals surface area contributed by atoms with Gasteiger partial charge in [0.1, 0.15) is 5.54 Å². The Balaban J connectivity index is 2.88. The number of para-hydroxylation sites is 1. The van der Waals surface area contributed by atoms with Gasteiger partial charge in [-0.3, -0.25) is 0 Å². The van der Waals surface area contributed by atoms with Crippen molar-refractivity contribution in [1.82, 2.24) is 5.32 Å². The summed E-state index contributed by atoms with van der Waals surface area (Å²) in [5, 5.41) is 3.05. The molecule has 1 aromatic carbocycles. The number of anilines is 1. The topological polar surface area (TPSA) is 41.6 Å². The molecule has 4 heteroatoms. The Bertz CT molecular complexity index is 381. The van der Waals surface area contributed by atoms with Gasteiger partial charge in [-0.1, -0.05) is 18.2 Å². The van der Waals surface area contributed by atoms with E-state index in [0.29, 0.717) is 6.54 Å². The first-order chi connectivity index (χ1) is 8.57. The number of hydrogen-bond acceptors (Lipinski definition) is 4. The van der Waals surface area contributed by atoms with Crippen LogP contribution in [0.5, 0.6) is 0 Å². The molecular formula is C14H22N2O2. The zero-order chi connectivity index (χ0) is 13.6. The van der Waals surface area contributed by atoms with E-state index in [4.69, 9.17) is 4.74 Å². The third kappa shape index (κ3) is 3.23. The van der Waals surface area contributed by atoms with Crippen molar-refractivity contribution in [3.63, 3.8) is 0 Å². The van der Waals surface area contributed by atoms with Gasteiger partial charge in [0.25, 0.3) is 0 Å². The van der Waals surface area contributed by atoms with E-state index >= 15 is 0 Å². The van der Waals surface area contributed by atoms with Crippen molar-refractivity contribution in [1.29, 1.82) is 0 Å². The molecule has 1 atom stereocenters. The highest BCUT2D eigenvalue weighted by molar-refractivity contribution is 5.81. The van der Waals surface area contributed by atoms with Crippen LogP contribution in [0.1, 0.15) is 13.8 Å². The number of methoxy groups -OCH3 is 1. The highest BCUT2D eigenvalue weighted by atomic mass is 16.5. The summed E-state index contributed by atoms with van der Waals surface area (Å²) >= 11 is 0. The summed E-state index contributed by atoms with van der Waals surface area (Å²) in [5.41, 5.74) is 0.394. The first kappa shape index (κ1) is 14.5. The quantitative estimate of drug-likeness (QED) is 0.780.